The van der Waals surface area contributed by atoms with Crippen LogP contribution in [0.2, 0.25) is 0 Å². The fourth-order valence-corrected chi connectivity index (χ4v) is 4.83. The molecule has 0 aliphatic heterocycles. The van der Waals surface area contributed by atoms with Crippen LogP contribution in [0.3, 0.4) is 0 Å². The highest BCUT2D eigenvalue weighted by atomic mass is 16.2. The van der Waals surface area contributed by atoms with Crippen molar-refractivity contribution in [3.05, 3.63) is 59.2 Å². The number of hydrogen-bond donors (Lipinski definition) is 2. The van der Waals surface area contributed by atoms with Crippen molar-refractivity contribution in [1.82, 2.24) is 9.55 Å². The molecular formula is C29H35N5O3. The van der Waals surface area contributed by atoms with Gasteiger partial charge in [-0.2, -0.15) is 5.26 Å². The summed E-state index contributed by atoms with van der Waals surface area (Å²) in [5.41, 5.74) is 8.30. The zero-order valence-corrected chi connectivity index (χ0v) is 21.8. The van der Waals surface area contributed by atoms with Crippen molar-refractivity contribution in [3.8, 4) is 6.07 Å². The zero-order chi connectivity index (χ0) is 26.9. The molecule has 1 atom stereocenters. The molecule has 8 nitrogen and oxygen atoms in total. The molecule has 1 heterocycles. The van der Waals surface area contributed by atoms with Crippen LogP contribution in [0, 0.1) is 23.2 Å². The highest BCUT2D eigenvalue weighted by Crippen LogP contribution is 2.28. The Balaban J connectivity index is 0.000000886. The molecule has 37 heavy (non-hydrogen) atoms. The number of hydrogen-bond acceptors (Lipinski definition) is 5. The number of nitrogens with one attached hydrogen (secondary N) is 1. The first-order chi connectivity index (χ1) is 17.7. The predicted octanol–water partition coefficient (Wildman–Crippen LogP) is 5.00. The van der Waals surface area contributed by atoms with Gasteiger partial charge in [-0.05, 0) is 68.1 Å². The minimum Gasteiger partial charge on any atom is -0.370 e. The molecule has 3 aromatic rings. The van der Waals surface area contributed by atoms with Crippen LogP contribution in [0.4, 0.5) is 5.95 Å². The maximum Gasteiger partial charge on any atom is 0.257 e. The molecule has 194 valence electrons. The van der Waals surface area contributed by atoms with E-state index in [0.717, 1.165) is 29.4 Å². The Kier molecular flexibility index (Phi) is 9.56. The van der Waals surface area contributed by atoms with Crippen LogP contribution in [-0.2, 0) is 22.6 Å². The highest BCUT2D eigenvalue weighted by Gasteiger charge is 2.25. The molecule has 0 saturated heterocycles. The maximum atomic E-state index is 12.9. The van der Waals surface area contributed by atoms with Crippen LogP contribution >= 0.6 is 0 Å². The molecular weight excluding hydrogens is 466 g/mol. The molecule has 4 rings (SSSR count). The molecule has 1 aliphatic carbocycles. The number of benzene rings is 2. The number of imidazole rings is 1. The second-order valence-electron chi connectivity index (χ2n) is 9.60. The molecule has 2 aromatic carbocycles. The van der Waals surface area contributed by atoms with Gasteiger partial charge in [0.25, 0.3) is 5.91 Å². The van der Waals surface area contributed by atoms with Crippen molar-refractivity contribution in [2.45, 2.75) is 65.8 Å². The van der Waals surface area contributed by atoms with Gasteiger partial charge in [0.1, 0.15) is 5.78 Å². The lowest BCUT2D eigenvalue weighted by molar-refractivity contribution is -0.127. The quantitative estimate of drug-likeness (QED) is 0.470. The molecule has 2 amide bonds. The Morgan fingerprint density at radius 3 is 2.38 bits per heavy atom. The molecule has 1 aliphatic rings. The number of nitrogens with two attached hydrogens (primary N) is 1. The Morgan fingerprint density at radius 1 is 1.14 bits per heavy atom. The molecule has 0 bridgehead atoms. The average molecular weight is 502 g/mol. The highest BCUT2D eigenvalue weighted by molar-refractivity contribution is 6.04. The van der Waals surface area contributed by atoms with Gasteiger partial charge in [0.05, 0.1) is 22.7 Å². The van der Waals surface area contributed by atoms with Crippen molar-refractivity contribution < 1.29 is 14.4 Å². The smallest absolute Gasteiger partial charge is 0.257 e. The van der Waals surface area contributed by atoms with E-state index < -0.39 is 0 Å². The summed E-state index contributed by atoms with van der Waals surface area (Å²) in [6.45, 7) is 6.02. The number of aryl methyl sites for hydroxylation is 1. The van der Waals surface area contributed by atoms with E-state index in [0.29, 0.717) is 35.8 Å². The van der Waals surface area contributed by atoms with E-state index in [1.807, 2.05) is 30.5 Å². The van der Waals surface area contributed by atoms with Crippen molar-refractivity contribution in [2.75, 3.05) is 5.32 Å². The van der Waals surface area contributed by atoms with Gasteiger partial charge in [-0.15, -0.1) is 0 Å². The normalized spacial score (nSPS) is 14.2. The number of carbonyl (C=O) groups is 3. The van der Waals surface area contributed by atoms with Crippen molar-refractivity contribution in [1.29, 1.82) is 5.26 Å². The standard InChI is InChI=1S/C27H30N4O2.C2H5NO/c1-3-31-24-14-11-20(15-18(2)25(32)21-7-5-4-6-8-21)16-23(24)29-27(31)30-26(33)22-12-9-19(17-28)10-13-22;1-2(3)4/h9-14,16,18,21H,3-8,15H2,1-2H3,(H,29,30,33);1H3,(H2,3,4). The third-order valence-electron chi connectivity index (χ3n) is 6.67. The van der Waals surface area contributed by atoms with E-state index in [9.17, 15) is 14.4 Å². The van der Waals surface area contributed by atoms with Crippen LogP contribution in [0.5, 0.6) is 0 Å². The number of anilines is 1. The first-order valence-electron chi connectivity index (χ1n) is 12.8. The van der Waals surface area contributed by atoms with Gasteiger partial charge in [0.15, 0.2) is 0 Å². The fraction of sp³-hybridized carbons (Fsp3) is 0.414. The minimum atomic E-state index is -0.333. The number of rotatable bonds is 7. The van der Waals surface area contributed by atoms with Gasteiger partial charge >= 0.3 is 0 Å². The van der Waals surface area contributed by atoms with E-state index in [2.05, 4.69) is 28.2 Å². The van der Waals surface area contributed by atoms with E-state index in [-0.39, 0.29) is 23.7 Å². The van der Waals surface area contributed by atoms with Crippen LogP contribution in [0.15, 0.2) is 42.5 Å². The van der Waals surface area contributed by atoms with Crippen LogP contribution in [-0.4, -0.2) is 27.1 Å². The molecule has 3 N–H and O–H groups in total. The molecule has 8 heteroatoms. The third kappa shape index (κ3) is 7.26. The first kappa shape index (κ1) is 27.6. The fourth-order valence-electron chi connectivity index (χ4n) is 4.83. The van der Waals surface area contributed by atoms with E-state index >= 15 is 0 Å². The number of nitrogens with zero attached hydrogens (tertiary/aromatic N) is 3. The number of fused-ring (bicyclic) bond motifs is 1. The second-order valence-corrected chi connectivity index (χ2v) is 9.60. The Morgan fingerprint density at radius 2 is 1.78 bits per heavy atom. The van der Waals surface area contributed by atoms with E-state index in [4.69, 9.17) is 5.26 Å². The minimum absolute atomic E-state index is 0.00522. The lowest BCUT2D eigenvalue weighted by atomic mass is 9.80. The van der Waals surface area contributed by atoms with Crippen LogP contribution in [0.1, 0.15) is 74.4 Å². The van der Waals surface area contributed by atoms with Crippen molar-refractivity contribution in [2.24, 2.45) is 17.6 Å². The van der Waals surface area contributed by atoms with Crippen LogP contribution < -0.4 is 11.1 Å². The van der Waals surface area contributed by atoms with E-state index in [1.54, 1.807) is 24.3 Å². The largest absolute Gasteiger partial charge is 0.370 e. The van der Waals surface area contributed by atoms with Crippen LogP contribution in [0.25, 0.3) is 11.0 Å². The summed E-state index contributed by atoms with van der Waals surface area (Å²) in [4.78, 5) is 39.5. The second kappa shape index (κ2) is 12.8. The summed E-state index contributed by atoms with van der Waals surface area (Å²) in [6.07, 6.45) is 6.36. The molecule has 1 fully saturated rings. The zero-order valence-electron chi connectivity index (χ0n) is 21.8. The number of nitriles is 1. The molecule has 1 saturated carbocycles. The van der Waals surface area contributed by atoms with Gasteiger partial charge in [-0.3, -0.25) is 19.7 Å². The Hall–Kier alpha value is -3.99. The summed E-state index contributed by atoms with van der Waals surface area (Å²) in [5, 5.41) is 11.8. The maximum absolute atomic E-state index is 12.9. The number of amides is 2. The summed E-state index contributed by atoms with van der Waals surface area (Å²) in [7, 11) is 0. The summed E-state index contributed by atoms with van der Waals surface area (Å²) in [5.74, 6) is 0.501. The number of ketones is 1. The Labute approximate surface area is 217 Å². The van der Waals surface area contributed by atoms with Gasteiger partial charge < -0.3 is 10.3 Å². The monoisotopic (exact) mass is 501 g/mol. The average Bonchev–Trinajstić information content (AvgIpc) is 3.24. The van der Waals surface area contributed by atoms with Gasteiger partial charge in [0, 0.05) is 30.9 Å². The number of aromatic nitrogens is 2. The third-order valence-corrected chi connectivity index (χ3v) is 6.67. The number of Topliss-reactive ketones (excluding diaryl/α,β-unsaturated/α-hetero) is 1. The lowest BCUT2D eigenvalue weighted by Crippen LogP contribution is -2.25. The van der Waals surface area contributed by atoms with Gasteiger partial charge in [-0.25, -0.2) is 4.98 Å². The molecule has 0 spiro atoms. The lowest BCUT2D eigenvalue weighted by Gasteiger charge is -2.23. The summed E-state index contributed by atoms with van der Waals surface area (Å²) in [6, 6.07) is 14.7. The predicted molar refractivity (Wildman–Crippen MR) is 144 cm³/mol. The summed E-state index contributed by atoms with van der Waals surface area (Å²) < 4.78 is 1.97. The SMILES string of the molecule is CC(N)=O.CCn1c(NC(=O)c2ccc(C#N)cc2)nc2cc(CC(C)C(=O)C3CCCCC3)ccc21. The molecule has 0 radical (unpaired) electrons. The van der Waals surface area contributed by atoms with E-state index in [1.165, 1.54) is 26.2 Å². The van der Waals surface area contributed by atoms with Crippen molar-refractivity contribution >= 4 is 34.6 Å². The molecule has 1 aromatic heterocycles. The van der Waals surface area contributed by atoms with Gasteiger partial charge in [-0.1, -0.05) is 32.3 Å². The number of carbonyl (C=O) groups excluding carboxylic acids is 3. The topological polar surface area (TPSA) is 131 Å². The summed E-state index contributed by atoms with van der Waals surface area (Å²) >= 11 is 0. The number of primary amides is 1. The van der Waals surface area contributed by atoms with Crippen molar-refractivity contribution in [3.63, 3.8) is 0 Å². The molecule has 1 unspecified atom stereocenters. The first-order valence-corrected chi connectivity index (χ1v) is 12.8. The van der Waals surface area contributed by atoms with Gasteiger partial charge in [0.2, 0.25) is 11.9 Å². The Bertz CT molecular complexity index is 1290.